The standard InChI is InChI=1S/C15H20O2/c1-11(2)12-5-7-13(8-6-12)15(14(16)17)9-3-4-10-15/h5-8,11H,3-4,9-10H2,1-2H3,(H,16,17). The van der Waals surface area contributed by atoms with Crippen LogP contribution in [0.5, 0.6) is 0 Å². The minimum Gasteiger partial charge on any atom is -0.481 e. The molecule has 0 unspecified atom stereocenters. The van der Waals surface area contributed by atoms with E-state index in [1.165, 1.54) is 5.56 Å². The maximum atomic E-state index is 11.5. The fourth-order valence-electron chi connectivity index (χ4n) is 2.79. The summed E-state index contributed by atoms with van der Waals surface area (Å²) in [5, 5.41) is 9.50. The van der Waals surface area contributed by atoms with Crippen LogP contribution < -0.4 is 0 Å². The van der Waals surface area contributed by atoms with Gasteiger partial charge in [0.1, 0.15) is 0 Å². The molecule has 0 bridgehead atoms. The molecular formula is C15H20O2. The second-order valence-corrected chi connectivity index (χ2v) is 5.37. The van der Waals surface area contributed by atoms with Crippen molar-refractivity contribution in [1.82, 2.24) is 0 Å². The first-order valence-corrected chi connectivity index (χ1v) is 6.40. The van der Waals surface area contributed by atoms with Crippen LogP contribution in [0.4, 0.5) is 0 Å². The van der Waals surface area contributed by atoms with Crippen molar-refractivity contribution in [2.75, 3.05) is 0 Å². The third-order valence-corrected chi connectivity index (χ3v) is 4.00. The molecular weight excluding hydrogens is 212 g/mol. The van der Waals surface area contributed by atoms with Crippen molar-refractivity contribution in [1.29, 1.82) is 0 Å². The van der Waals surface area contributed by atoms with Gasteiger partial charge in [-0.2, -0.15) is 0 Å². The fraction of sp³-hybridized carbons (Fsp3) is 0.533. The van der Waals surface area contributed by atoms with E-state index < -0.39 is 11.4 Å². The minimum atomic E-state index is -0.660. The van der Waals surface area contributed by atoms with Gasteiger partial charge in [0.25, 0.3) is 0 Å². The fourth-order valence-corrected chi connectivity index (χ4v) is 2.79. The first kappa shape index (κ1) is 12.2. The van der Waals surface area contributed by atoms with Crippen molar-refractivity contribution < 1.29 is 9.90 Å². The number of aliphatic carboxylic acids is 1. The van der Waals surface area contributed by atoms with Crippen LogP contribution in [-0.4, -0.2) is 11.1 Å². The molecule has 0 saturated heterocycles. The van der Waals surface area contributed by atoms with Crippen LogP contribution in [0.15, 0.2) is 24.3 Å². The first-order valence-electron chi connectivity index (χ1n) is 6.40. The molecule has 17 heavy (non-hydrogen) atoms. The summed E-state index contributed by atoms with van der Waals surface area (Å²) in [5.74, 6) is -0.166. The molecule has 0 heterocycles. The largest absolute Gasteiger partial charge is 0.481 e. The number of benzene rings is 1. The molecule has 1 aromatic rings. The van der Waals surface area contributed by atoms with E-state index in [2.05, 4.69) is 26.0 Å². The summed E-state index contributed by atoms with van der Waals surface area (Å²) in [7, 11) is 0. The Morgan fingerprint density at radius 1 is 1.18 bits per heavy atom. The number of carboxylic acids is 1. The van der Waals surface area contributed by atoms with E-state index in [1.54, 1.807) is 0 Å². The molecule has 0 aromatic heterocycles. The number of carboxylic acid groups (broad SMARTS) is 1. The van der Waals surface area contributed by atoms with Crippen molar-refractivity contribution >= 4 is 5.97 Å². The Morgan fingerprint density at radius 3 is 2.12 bits per heavy atom. The smallest absolute Gasteiger partial charge is 0.314 e. The van der Waals surface area contributed by atoms with Gasteiger partial charge in [-0.15, -0.1) is 0 Å². The van der Waals surface area contributed by atoms with E-state index in [4.69, 9.17) is 0 Å². The highest BCUT2D eigenvalue weighted by Crippen LogP contribution is 2.41. The molecule has 1 aliphatic carbocycles. The monoisotopic (exact) mass is 232 g/mol. The van der Waals surface area contributed by atoms with E-state index in [9.17, 15) is 9.90 Å². The molecule has 1 aromatic carbocycles. The van der Waals surface area contributed by atoms with E-state index in [0.717, 1.165) is 31.2 Å². The number of rotatable bonds is 3. The number of carbonyl (C=O) groups is 1. The van der Waals surface area contributed by atoms with E-state index in [-0.39, 0.29) is 0 Å². The van der Waals surface area contributed by atoms with Gasteiger partial charge in [-0.3, -0.25) is 4.79 Å². The number of hydrogen-bond donors (Lipinski definition) is 1. The topological polar surface area (TPSA) is 37.3 Å². The Hall–Kier alpha value is -1.31. The summed E-state index contributed by atoms with van der Waals surface area (Å²) >= 11 is 0. The van der Waals surface area contributed by atoms with Crippen LogP contribution in [0.3, 0.4) is 0 Å². The van der Waals surface area contributed by atoms with Crippen LogP contribution in [0.2, 0.25) is 0 Å². The van der Waals surface area contributed by atoms with Gasteiger partial charge in [0.15, 0.2) is 0 Å². The molecule has 1 N–H and O–H groups in total. The Labute approximate surface area is 103 Å². The van der Waals surface area contributed by atoms with Gasteiger partial charge in [0, 0.05) is 0 Å². The van der Waals surface area contributed by atoms with Crippen molar-refractivity contribution in [3.05, 3.63) is 35.4 Å². The molecule has 0 aliphatic heterocycles. The summed E-state index contributed by atoms with van der Waals surface area (Å²) in [6.45, 7) is 4.30. The zero-order valence-corrected chi connectivity index (χ0v) is 10.6. The predicted molar refractivity (Wildman–Crippen MR) is 68.3 cm³/mol. The highest BCUT2D eigenvalue weighted by molar-refractivity contribution is 5.81. The molecule has 2 rings (SSSR count). The molecule has 1 fully saturated rings. The maximum Gasteiger partial charge on any atom is 0.314 e. The summed E-state index contributed by atoms with van der Waals surface area (Å²) in [6.07, 6.45) is 3.61. The molecule has 0 amide bonds. The van der Waals surface area contributed by atoms with Crippen LogP contribution in [0.1, 0.15) is 56.6 Å². The summed E-state index contributed by atoms with van der Waals surface area (Å²) < 4.78 is 0. The Morgan fingerprint density at radius 2 is 1.71 bits per heavy atom. The third-order valence-electron chi connectivity index (χ3n) is 4.00. The lowest BCUT2D eigenvalue weighted by Crippen LogP contribution is -2.32. The van der Waals surface area contributed by atoms with Crippen LogP contribution in [0, 0.1) is 0 Å². The van der Waals surface area contributed by atoms with Gasteiger partial charge in [0.05, 0.1) is 5.41 Å². The molecule has 2 heteroatoms. The van der Waals surface area contributed by atoms with E-state index in [1.807, 2.05) is 12.1 Å². The number of hydrogen-bond acceptors (Lipinski definition) is 1. The Kier molecular flexibility index (Phi) is 3.23. The second kappa shape index (κ2) is 4.52. The molecule has 1 saturated carbocycles. The summed E-state index contributed by atoms with van der Waals surface area (Å²) in [5.41, 5.74) is 1.63. The molecule has 2 nitrogen and oxygen atoms in total. The van der Waals surface area contributed by atoms with Gasteiger partial charge in [-0.25, -0.2) is 0 Å². The Balaban J connectivity index is 2.35. The van der Waals surface area contributed by atoms with Crippen molar-refractivity contribution in [2.45, 2.75) is 50.9 Å². The molecule has 1 aliphatic rings. The van der Waals surface area contributed by atoms with Gasteiger partial charge >= 0.3 is 5.97 Å². The van der Waals surface area contributed by atoms with Crippen LogP contribution >= 0.6 is 0 Å². The highest BCUT2D eigenvalue weighted by atomic mass is 16.4. The van der Waals surface area contributed by atoms with Gasteiger partial charge in [-0.05, 0) is 29.9 Å². The van der Waals surface area contributed by atoms with Gasteiger partial charge < -0.3 is 5.11 Å². The molecule has 0 atom stereocenters. The lowest BCUT2D eigenvalue weighted by atomic mass is 9.78. The molecule has 0 spiro atoms. The third kappa shape index (κ3) is 2.08. The lowest BCUT2D eigenvalue weighted by Gasteiger charge is -2.24. The molecule has 0 radical (unpaired) electrons. The van der Waals surface area contributed by atoms with Gasteiger partial charge in [0.2, 0.25) is 0 Å². The lowest BCUT2D eigenvalue weighted by molar-refractivity contribution is -0.143. The van der Waals surface area contributed by atoms with Crippen LogP contribution in [0.25, 0.3) is 0 Å². The SMILES string of the molecule is CC(C)c1ccc(C2(C(=O)O)CCCC2)cc1. The van der Waals surface area contributed by atoms with Crippen molar-refractivity contribution in [2.24, 2.45) is 0 Å². The van der Waals surface area contributed by atoms with Crippen molar-refractivity contribution in [3.63, 3.8) is 0 Å². The van der Waals surface area contributed by atoms with Crippen molar-refractivity contribution in [3.8, 4) is 0 Å². The zero-order chi connectivity index (χ0) is 12.5. The van der Waals surface area contributed by atoms with E-state index >= 15 is 0 Å². The summed E-state index contributed by atoms with van der Waals surface area (Å²) in [6, 6.07) is 8.16. The average molecular weight is 232 g/mol. The first-order chi connectivity index (χ1) is 8.06. The highest BCUT2D eigenvalue weighted by Gasteiger charge is 2.42. The second-order valence-electron chi connectivity index (χ2n) is 5.37. The predicted octanol–water partition coefficient (Wildman–Crippen LogP) is 3.71. The zero-order valence-electron chi connectivity index (χ0n) is 10.6. The normalized spacial score (nSPS) is 18.5. The summed E-state index contributed by atoms with van der Waals surface area (Å²) in [4.78, 5) is 11.5. The average Bonchev–Trinajstić information content (AvgIpc) is 2.79. The van der Waals surface area contributed by atoms with E-state index in [0.29, 0.717) is 5.92 Å². The minimum absolute atomic E-state index is 0.494. The van der Waals surface area contributed by atoms with Crippen LogP contribution in [-0.2, 0) is 10.2 Å². The Bertz CT molecular complexity index is 397. The molecule has 92 valence electrons. The van der Waals surface area contributed by atoms with Gasteiger partial charge in [-0.1, -0.05) is 51.0 Å². The maximum absolute atomic E-state index is 11.5. The quantitative estimate of drug-likeness (QED) is 0.862.